The van der Waals surface area contributed by atoms with Gasteiger partial charge in [0.05, 0.1) is 13.7 Å². The molecule has 0 saturated heterocycles. The minimum absolute atomic E-state index is 0.0512. The first-order valence-electron chi connectivity index (χ1n) is 9.79. The fourth-order valence-corrected chi connectivity index (χ4v) is 2.89. The number of hydrogen-bond donors (Lipinski definition) is 1. The molecule has 33 heavy (non-hydrogen) atoms. The number of fused-ring (bicyclic) bond motifs is 1. The van der Waals surface area contributed by atoms with Crippen LogP contribution in [0.3, 0.4) is 0 Å². The molecule has 1 amide bonds. The number of hydrogen-bond acceptors (Lipinski definition) is 8. The molecule has 3 aromatic rings. The topological polar surface area (TPSA) is 128 Å². The number of carbonyl (C=O) groups is 2. The highest BCUT2D eigenvalue weighted by Gasteiger charge is 2.18. The lowest BCUT2D eigenvalue weighted by Crippen LogP contribution is -2.27. The number of ether oxygens (including phenoxy) is 3. The van der Waals surface area contributed by atoms with Gasteiger partial charge in [0, 0.05) is 19.0 Å². The van der Waals surface area contributed by atoms with E-state index in [1.807, 2.05) is 6.07 Å². The quantitative estimate of drug-likeness (QED) is 0.139. The van der Waals surface area contributed by atoms with E-state index < -0.39 is 17.5 Å². The number of para-hydroxylation sites is 1. The summed E-state index contributed by atoms with van der Waals surface area (Å²) < 4.78 is 20.6. The molecule has 0 saturated carbocycles. The van der Waals surface area contributed by atoms with Crippen LogP contribution in [0.1, 0.15) is 15.9 Å². The summed E-state index contributed by atoms with van der Waals surface area (Å²) in [6.07, 6.45) is 1.37. The smallest absolute Gasteiger partial charge is 0.351 e. The maximum absolute atomic E-state index is 12.6. The van der Waals surface area contributed by atoms with Gasteiger partial charge in [0.1, 0.15) is 22.8 Å². The van der Waals surface area contributed by atoms with Gasteiger partial charge in [-0.3, -0.25) is 4.79 Å². The van der Waals surface area contributed by atoms with E-state index in [1.165, 1.54) is 44.6 Å². The Hall–Kier alpha value is -4.42. The fourth-order valence-electron chi connectivity index (χ4n) is 2.89. The molecule has 3 rings (SSSR count). The van der Waals surface area contributed by atoms with Crippen molar-refractivity contribution >= 4 is 28.9 Å². The Morgan fingerprint density at radius 3 is 2.64 bits per heavy atom. The van der Waals surface area contributed by atoms with Crippen molar-refractivity contribution in [2.45, 2.75) is 0 Å². The lowest BCUT2D eigenvalue weighted by atomic mass is 10.1. The van der Waals surface area contributed by atoms with Crippen molar-refractivity contribution in [3.63, 3.8) is 0 Å². The number of amides is 1. The van der Waals surface area contributed by atoms with E-state index >= 15 is 0 Å². The van der Waals surface area contributed by atoms with Crippen molar-refractivity contribution < 1.29 is 28.2 Å². The van der Waals surface area contributed by atoms with Gasteiger partial charge in [-0.05, 0) is 35.9 Å². The Morgan fingerprint density at radius 1 is 1.12 bits per heavy atom. The van der Waals surface area contributed by atoms with Gasteiger partial charge in [-0.15, -0.1) is 0 Å². The minimum atomic E-state index is -0.911. The van der Waals surface area contributed by atoms with Crippen molar-refractivity contribution in [1.82, 2.24) is 5.32 Å². The van der Waals surface area contributed by atoms with E-state index in [9.17, 15) is 19.6 Å². The Labute approximate surface area is 188 Å². The average Bonchev–Trinajstić information content (AvgIpc) is 2.82. The summed E-state index contributed by atoms with van der Waals surface area (Å²) in [5.74, 6) is -1.24. The molecule has 0 atom stereocenters. The van der Waals surface area contributed by atoms with Crippen molar-refractivity contribution in [1.29, 1.82) is 5.26 Å². The number of esters is 1. The van der Waals surface area contributed by atoms with Gasteiger partial charge in [0.25, 0.3) is 5.91 Å². The Morgan fingerprint density at radius 2 is 1.91 bits per heavy atom. The maximum Gasteiger partial charge on any atom is 0.351 e. The molecular formula is C24H20N2O7. The van der Waals surface area contributed by atoms with Crippen molar-refractivity contribution in [3.05, 3.63) is 75.7 Å². The third-order valence-corrected chi connectivity index (χ3v) is 4.52. The summed E-state index contributed by atoms with van der Waals surface area (Å²) in [6, 6.07) is 14.5. The normalized spacial score (nSPS) is 11.0. The summed E-state index contributed by atoms with van der Waals surface area (Å²) in [4.78, 5) is 36.9. The highest BCUT2D eigenvalue weighted by atomic mass is 16.6. The zero-order valence-electron chi connectivity index (χ0n) is 17.9. The van der Waals surface area contributed by atoms with E-state index in [1.54, 1.807) is 24.3 Å². The van der Waals surface area contributed by atoms with Crippen molar-refractivity contribution in [2.24, 2.45) is 0 Å². The minimum Gasteiger partial charge on any atom is -0.493 e. The standard InChI is InChI=1S/C24H20N2O7/c1-30-10-9-26-22(27)17(14-25)11-15-7-8-20(21(12-15)31-2)33-24(29)18-13-16-5-3-4-6-19(16)32-23(18)28/h3-8,11-13H,9-10H2,1-2H3,(H,26,27)/b17-11+. The number of nitriles is 1. The second-order valence-electron chi connectivity index (χ2n) is 6.70. The first-order valence-corrected chi connectivity index (χ1v) is 9.79. The molecule has 0 aliphatic carbocycles. The lowest BCUT2D eigenvalue weighted by molar-refractivity contribution is -0.117. The molecule has 2 aromatic carbocycles. The zero-order valence-corrected chi connectivity index (χ0v) is 17.9. The first-order chi connectivity index (χ1) is 16.0. The van der Waals surface area contributed by atoms with Crippen molar-refractivity contribution in [2.75, 3.05) is 27.4 Å². The highest BCUT2D eigenvalue weighted by molar-refractivity contribution is 6.01. The van der Waals surface area contributed by atoms with E-state index in [-0.39, 0.29) is 29.2 Å². The van der Waals surface area contributed by atoms with Crippen LogP contribution < -0.4 is 20.4 Å². The lowest BCUT2D eigenvalue weighted by Gasteiger charge is -2.10. The second-order valence-corrected chi connectivity index (χ2v) is 6.70. The summed E-state index contributed by atoms with van der Waals surface area (Å²) in [7, 11) is 2.87. The van der Waals surface area contributed by atoms with E-state index in [4.69, 9.17) is 18.6 Å². The molecule has 9 heteroatoms. The number of nitrogens with one attached hydrogen (secondary N) is 1. The number of rotatable bonds is 8. The summed E-state index contributed by atoms with van der Waals surface area (Å²) in [5, 5.41) is 12.4. The molecule has 0 aliphatic heterocycles. The number of benzene rings is 2. The van der Waals surface area contributed by atoms with Gasteiger partial charge in [-0.25, -0.2) is 9.59 Å². The van der Waals surface area contributed by atoms with E-state index in [2.05, 4.69) is 5.32 Å². The van der Waals surface area contributed by atoms with Crippen LogP contribution in [0, 0.1) is 11.3 Å². The Kier molecular flexibility index (Phi) is 7.57. The Balaban J connectivity index is 1.83. The second kappa shape index (κ2) is 10.7. The van der Waals surface area contributed by atoms with Crippen LogP contribution in [-0.4, -0.2) is 39.2 Å². The number of carbonyl (C=O) groups excluding carboxylic acids is 2. The molecule has 0 fully saturated rings. The van der Waals surface area contributed by atoms with Crippen LogP contribution in [-0.2, 0) is 9.53 Å². The first kappa shape index (κ1) is 23.2. The van der Waals surface area contributed by atoms with Crippen LogP contribution >= 0.6 is 0 Å². The average molecular weight is 448 g/mol. The molecule has 168 valence electrons. The molecular weight excluding hydrogens is 428 g/mol. The maximum atomic E-state index is 12.6. The molecule has 9 nitrogen and oxygen atoms in total. The van der Waals surface area contributed by atoms with Crippen LogP contribution in [0.2, 0.25) is 0 Å². The molecule has 0 aliphatic rings. The van der Waals surface area contributed by atoms with Crippen LogP contribution in [0.25, 0.3) is 17.0 Å². The molecule has 0 bridgehead atoms. The highest BCUT2D eigenvalue weighted by Crippen LogP contribution is 2.29. The van der Waals surface area contributed by atoms with Gasteiger partial charge in [-0.1, -0.05) is 24.3 Å². The van der Waals surface area contributed by atoms with E-state index in [0.717, 1.165) is 0 Å². The van der Waals surface area contributed by atoms with Gasteiger partial charge in [0.15, 0.2) is 11.5 Å². The van der Waals surface area contributed by atoms with Crippen LogP contribution in [0.4, 0.5) is 0 Å². The molecule has 1 aromatic heterocycles. The third-order valence-electron chi connectivity index (χ3n) is 4.52. The number of nitrogens with zero attached hydrogens (tertiary/aromatic N) is 1. The third kappa shape index (κ3) is 5.64. The molecule has 1 N–H and O–H groups in total. The largest absolute Gasteiger partial charge is 0.493 e. The molecule has 0 radical (unpaired) electrons. The van der Waals surface area contributed by atoms with Gasteiger partial charge in [0.2, 0.25) is 0 Å². The number of methoxy groups -OCH3 is 2. The van der Waals surface area contributed by atoms with Crippen LogP contribution in [0.5, 0.6) is 11.5 Å². The predicted octanol–water partition coefficient (Wildman–Crippen LogP) is 2.69. The van der Waals surface area contributed by atoms with Gasteiger partial charge in [-0.2, -0.15) is 5.26 Å². The zero-order chi connectivity index (χ0) is 23.8. The SMILES string of the molecule is COCCNC(=O)/C(C#N)=C/c1ccc(OC(=O)c2cc3ccccc3oc2=O)c(OC)c1. The Bertz CT molecular complexity index is 1320. The van der Waals surface area contributed by atoms with Crippen molar-refractivity contribution in [3.8, 4) is 17.6 Å². The van der Waals surface area contributed by atoms with Gasteiger partial charge < -0.3 is 23.9 Å². The fraction of sp³-hybridized carbons (Fsp3) is 0.167. The predicted molar refractivity (Wildman–Crippen MR) is 119 cm³/mol. The monoisotopic (exact) mass is 448 g/mol. The molecule has 0 spiro atoms. The summed E-state index contributed by atoms with van der Waals surface area (Å²) in [5.41, 5.74) is -0.385. The summed E-state index contributed by atoms with van der Waals surface area (Å²) >= 11 is 0. The summed E-state index contributed by atoms with van der Waals surface area (Å²) in [6.45, 7) is 0.573. The van der Waals surface area contributed by atoms with Gasteiger partial charge >= 0.3 is 11.6 Å². The van der Waals surface area contributed by atoms with Crippen LogP contribution in [0.15, 0.2) is 63.3 Å². The van der Waals surface area contributed by atoms with E-state index in [0.29, 0.717) is 23.1 Å². The molecule has 0 unspecified atom stereocenters. The molecule has 1 heterocycles.